The number of hydrogen-bond acceptors (Lipinski definition) is 3. The summed E-state index contributed by atoms with van der Waals surface area (Å²) in [6.07, 6.45) is 1.63. The molecule has 1 aromatic carbocycles. The maximum atomic E-state index is 12.8. The lowest BCUT2D eigenvalue weighted by Gasteiger charge is -2.14. The van der Waals surface area contributed by atoms with Gasteiger partial charge in [0.2, 0.25) is 10.0 Å². The first kappa shape index (κ1) is 14.7. The van der Waals surface area contributed by atoms with Crippen LogP contribution in [-0.4, -0.2) is 18.2 Å². The van der Waals surface area contributed by atoms with E-state index in [-0.39, 0.29) is 4.90 Å². The minimum atomic E-state index is -3.69. The molecule has 0 saturated carbocycles. The van der Waals surface area contributed by atoms with E-state index in [2.05, 4.69) is 9.82 Å². The Kier molecular flexibility index (Phi) is 3.92. The molecule has 0 spiro atoms. The van der Waals surface area contributed by atoms with Gasteiger partial charge in [0.05, 0.1) is 11.1 Å². The Bertz CT molecular complexity index is 708. The van der Waals surface area contributed by atoms with Crippen molar-refractivity contribution in [1.29, 1.82) is 0 Å². The number of nitrogens with one attached hydrogen (secondary N) is 1. The van der Waals surface area contributed by atoms with Crippen molar-refractivity contribution in [2.75, 3.05) is 0 Å². The molecule has 0 aliphatic rings. The van der Waals surface area contributed by atoms with Gasteiger partial charge in [0, 0.05) is 24.3 Å². The standard InChI is InChI=1S/C13H16FN3O2S/c1-9(13-8-15-17(3)10(13)2)16-20(18,19)12-6-4-11(14)5-7-12/h4-9,16H,1-3H3. The Morgan fingerprint density at radius 2 is 1.90 bits per heavy atom. The third-order valence-electron chi connectivity index (χ3n) is 3.20. The number of halogens is 1. The maximum Gasteiger partial charge on any atom is 0.241 e. The molecule has 0 radical (unpaired) electrons. The van der Waals surface area contributed by atoms with E-state index < -0.39 is 21.9 Å². The van der Waals surface area contributed by atoms with Gasteiger partial charge in [-0.25, -0.2) is 17.5 Å². The SMILES string of the molecule is Cc1c(C(C)NS(=O)(=O)c2ccc(F)cc2)cnn1C. The number of aromatic nitrogens is 2. The quantitative estimate of drug-likeness (QED) is 0.937. The number of rotatable bonds is 4. The average molecular weight is 297 g/mol. The molecule has 7 heteroatoms. The average Bonchev–Trinajstić information content (AvgIpc) is 2.70. The molecule has 1 N–H and O–H groups in total. The molecule has 1 heterocycles. The molecule has 0 aliphatic heterocycles. The molecule has 0 saturated heterocycles. The van der Waals surface area contributed by atoms with Crippen molar-refractivity contribution < 1.29 is 12.8 Å². The summed E-state index contributed by atoms with van der Waals surface area (Å²) in [4.78, 5) is 0.0345. The zero-order valence-corrected chi connectivity index (χ0v) is 12.3. The molecule has 2 aromatic rings. The first-order valence-corrected chi connectivity index (χ1v) is 7.56. The highest BCUT2D eigenvalue weighted by atomic mass is 32.2. The van der Waals surface area contributed by atoms with Gasteiger partial charge in [-0.3, -0.25) is 4.68 Å². The summed E-state index contributed by atoms with van der Waals surface area (Å²) in [7, 11) is -1.89. The summed E-state index contributed by atoms with van der Waals surface area (Å²) in [5, 5.41) is 4.08. The van der Waals surface area contributed by atoms with Crippen LogP contribution in [0.3, 0.4) is 0 Å². The van der Waals surface area contributed by atoms with Gasteiger partial charge >= 0.3 is 0 Å². The fraction of sp³-hybridized carbons (Fsp3) is 0.308. The van der Waals surface area contributed by atoms with E-state index >= 15 is 0 Å². The Morgan fingerprint density at radius 3 is 2.40 bits per heavy atom. The lowest BCUT2D eigenvalue weighted by molar-refractivity contribution is 0.565. The molecule has 1 aromatic heterocycles. The summed E-state index contributed by atoms with van der Waals surface area (Å²) < 4.78 is 41.4. The Hall–Kier alpha value is -1.73. The van der Waals surface area contributed by atoms with Gasteiger partial charge in [-0.1, -0.05) is 0 Å². The zero-order valence-electron chi connectivity index (χ0n) is 11.5. The smallest absolute Gasteiger partial charge is 0.241 e. The predicted octanol–water partition coefficient (Wildman–Crippen LogP) is 1.91. The van der Waals surface area contributed by atoms with E-state index in [1.165, 1.54) is 12.1 Å². The Morgan fingerprint density at radius 1 is 1.30 bits per heavy atom. The fourth-order valence-electron chi connectivity index (χ4n) is 1.92. The number of aryl methyl sites for hydroxylation is 1. The van der Waals surface area contributed by atoms with Crippen LogP contribution in [0.1, 0.15) is 24.2 Å². The number of benzene rings is 1. The zero-order chi connectivity index (χ0) is 14.9. The van der Waals surface area contributed by atoms with Crippen molar-refractivity contribution in [2.24, 2.45) is 7.05 Å². The van der Waals surface area contributed by atoms with Crippen LogP contribution in [0.2, 0.25) is 0 Å². The lowest BCUT2D eigenvalue weighted by atomic mass is 10.1. The largest absolute Gasteiger partial charge is 0.273 e. The van der Waals surface area contributed by atoms with Crippen LogP contribution >= 0.6 is 0 Å². The molecule has 1 atom stereocenters. The van der Waals surface area contributed by atoms with Crippen LogP contribution in [-0.2, 0) is 17.1 Å². The van der Waals surface area contributed by atoms with E-state index in [1.54, 1.807) is 24.9 Å². The van der Waals surface area contributed by atoms with Gasteiger partial charge in [0.15, 0.2) is 0 Å². The minimum absolute atomic E-state index is 0.0345. The van der Waals surface area contributed by atoms with Gasteiger partial charge in [0.1, 0.15) is 5.82 Å². The van der Waals surface area contributed by atoms with E-state index in [4.69, 9.17) is 0 Å². The van der Waals surface area contributed by atoms with Crippen molar-refractivity contribution in [3.8, 4) is 0 Å². The van der Waals surface area contributed by atoms with Gasteiger partial charge < -0.3 is 0 Å². The van der Waals surface area contributed by atoms with Crippen molar-refractivity contribution in [1.82, 2.24) is 14.5 Å². The molecule has 0 fully saturated rings. The second kappa shape index (κ2) is 5.34. The van der Waals surface area contributed by atoms with Crippen LogP contribution in [0, 0.1) is 12.7 Å². The summed E-state index contributed by atoms with van der Waals surface area (Å²) >= 11 is 0. The lowest BCUT2D eigenvalue weighted by Crippen LogP contribution is -2.27. The summed E-state index contributed by atoms with van der Waals surface area (Å²) in [5.74, 6) is -0.472. The second-order valence-corrected chi connectivity index (χ2v) is 6.32. The van der Waals surface area contributed by atoms with E-state index in [0.717, 1.165) is 23.4 Å². The van der Waals surface area contributed by atoms with Gasteiger partial charge in [-0.15, -0.1) is 0 Å². The molecule has 20 heavy (non-hydrogen) atoms. The molecule has 5 nitrogen and oxygen atoms in total. The van der Waals surface area contributed by atoms with Gasteiger partial charge in [-0.2, -0.15) is 5.10 Å². The van der Waals surface area contributed by atoms with Crippen molar-refractivity contribution in [3.63, 3.8) is 0 Å². The third kappa shape index (κ3) is 2.88. The first-order chi connectivity index (χ1) is 9.31. The topological polar surface area (TPSA) is 64.0 Å². The summed E-state index contributed by atoms with van der Waals surface area (Å²) in [6, 6.07) is 4.29. The molecule has 108 valence electrons. The summed E-state index contributed by atoms with van der Waals surface area (Å²) in [5.41, 5.74) is 1.69. The van der Waals surface area contributed by atoms with Crippen LogP contribution in [0.15, 0.2) is 35.4 Å². The monoisotopic (exact) mass is 297 g/mol. The fourth-order valence-corrected chi connectivity index (χ4v) is 3.14. The van der Waals surface area contributed by atoms with Gasteiger partial charge in [0.25, 0.3) is 0 Å². The van der Waals surface area contributed by atoms with Crippen LogP contribution < -0.4 is 4.72 Å². The molecule has 2 rings (SSSR count). The van der Waals surface area contributed by atoms with E-state index in [0.29, 0.717) is 0 Å². The highest BCUT2D eigenvalue weighted by Gasteiger charge is 2.20. The van der Waals surface area contributed by atoms with Crippen molar-refractivity contribution in [2.45, 2.75) is 24.8 Å². The molecular formula is C13H16FN3O2S. The number of nitrogens with zero attached hydrogens (tertiary/aromatic N) is 2. The highest BCUT2D eigenvalue weighted by molar-refractivity contribution is 7.89. The number of sulfonamides is 1. The minimum Gasteiger partial charge on any atom is -0.273 e. The number of hydrogen-bond donors (Lipinski definition) is 1. The maximum absolute atomic E-state index is 12.8. The Labute approximate surface area is 117 Å². The van der Waals surface area contributed by atoms with Crippen LogP contribution in [0.5, 0.6) is 0 Å². The Balaban J connectivity index is 2.24. The van der Waals surface area contributed by atoms with Crippen molar-refractivity contribution >= 4 is 10.0 Å². The van der Waals surface area contributed by atoms with Gasteiger partial charge in [-0.05, 0) is 38.1 Å². The molecule has 0 amide bonds. The normalized spacial score (nSPS) is 13.4. The van der Waals surface area contributed by atoms with Crippen LogP contribution in [0.25, 0.3) is 0 Å². The van der Waals surface area contributed by atoms with Crippen LogP contribution in [0.4, 0.5) is 4.39 Å². The molecule has 1 unspecified atom stereocenters. The third-order valence-corrected chi connectivity index (χ3v) is 4.75. The van der Waals surface area contributed by atoms with Crippen molar-refractivity contribution in [3.05, 3.63) is 47.5 Å². The molecule has 0 aliphatic carbocycles. The first-order valence-electron chi connectivity index (χ1n) is 6.07. The van der Waals surface area contributed by atoms with E-state index in [9.17, 15) is 12.8 Å². The van der Waals surface area contributed by atoms with E-state index in [1.807, 2.05) is 6.92 Å². The predicted molar refractivity (Wildman–Crippen MR) is 73.1 cm³/mol. The highest BCUT2D eigenvalue weighted by Crippen LogP contribution is 2.19. The second-order valence-electron chi connectivity index (χ2n) is 4.61. The molecular weight excluding hydrogens is 281 g/mol. The molecule has 0 bridgehead atoms. The summed E-state index contributed by atoms with van der Waals surface area (Å²) in [6.45, 7) is 3.61.